The molecule has 0 saturated heterocycles. The van der Waals surface area contributed by atoms with Crippen LogP contribution in [-0.4, -0.2) is 6.71 Å². The van der Waals surface area contributed by atoms with Gasteiger partial charge < -0.3 is 9.80 Å². The van der Waals surface area contributed by atoms with Crippen molar-refractivity contribution in [1.29, 1.82) is 0 Å². The Morgan fingerprint density at radius 1 is 0.522 bits per heavy atom. The fourth-order valence-electron chi connectivity index (χ4n) is 13.6. The van der Waals surface area contributed by atoms with E-state index in [0.29, 0.717) is 5.92 Å². The zero-order valence-corrected chi connectivity index (χ0v) is 43.4. The number of anilines is 6. The van der Waals surface area contributed by atoms with Crippen LogP contribution in [0, 0.1) is 6.92 Å². The molecule has 3 heterocycles. The van der Waals surface area contributed by atoms with Gasteiger partial charge in [0.05, 0.1) is 0 Å². The number of benzene rings is 6. The molecule has 0 spiro atoms. The molecule has 0 radical (unpaired) electrons. The van der Waals surface area contributed by atoms with Crippen molar-refractivity contribution in [2.75, 3.05) is 9.80 Å². The Morgan fingerprint density at radius 3 is 1.78 bits per heavy atom. The Labute approximate surface area is 406 Å². The summed E-state index contributed by atoms with van der Waals surface area (Å²) in [7, 11) is 0. The molecule has 7 aromatic rings. The zero-order chi connectivity index (χ0) is 46.7. The SMILES string of the molecule is Cc1ccccc1N1c2cc3sc4ccc(C(C)(C)C)cc4c3cc2B2c3cc4c(cc3N(c3ccc5c(c3)C(C)(C)CCC5(C)C)c3cc(C5CCCCC5)cc1c32)C(C)(C)CCC4(C)C. The van der Waals surface area contributed by atoms with Crippen LogP contribution < -0.4 is 26.2 Å². The van der Waals surface area contributed by atoms with E-state index < -0.39 is 0 Å². The summed E-state index contributed by atoms with van der Waals surface area (Å²) in [5.41, 5.74) is 23.2. The summed E-state index contributed by atoms with van der Waals surface area (Å²) in [4.78, 5) is 5.49. The number of rotatable bonds is 3. The Morgan fingerprint density at radius 2 is 1.10 bits per heavy atom. The fourth-order valence-corrected chi connectivity index (χ4v) is 14.7. The predicted octanol–water partition coefficient (Wildman–Crippen LogP) is 16.5. The maximum Gasteiger partial charge on any atom is 0.252 e. The number of para-hydroxylation sites is 1. The summed E-state index contributed by atoms with van der Waals surface area (Å²) in [5, 5.41) is 2.78. The fraction of sp³-hybridized carbons (Fsp3) is 0.429. The third-order valence-corrected chi connectivity index (χ3v) is 19.2. The molecule has 67 heavy (non-hydrogen) atoms. The van der Waals surface area contributed by atoms with Gasteiger partial charge in [-0.3, -0.25) is 0 Å². The van der Waals surface area contributed by atoms with Crippen molar-refractivity contribution in [2.45, 2.75) is 174 Å². The molecule has 3 aliphatic carbocycles. The van der Waals surface area contributed by atoms with E-state index in [-0.39, 0.29) is 33.8 Å². The molecular weight excluding hydrogens is 828 g/mol. The molecule has 2 nitrogen and oxygen atoms in total. The van der Waals surface area contributed by atoms with Gasteiger partial charge in [0.2, 0.25) is 0 Å². The van der Waals surface area contributed by atoms with E-state index in [1.807, 2.05) is 11.3 Å². The van der Waals surface area contributed by atoms with Gasteiger partial charge in [0.15, 0.2) is 0 Å². The zero-order valence-electron chi connectivity index (χ0n) is 42.6. The quantitative estimate of drug-likeness (QED) is 0.163. The van der Waals surface area contributed by atoms with Crippen molar-refractivity contribution in [3.05, 3.63) is 136 Å². The minimum Gasteiger partial charge on any atom is -0.311 e. The van der Waals surface area contributed by atoms with E-state index in [1.165, 1.54) is 162 Å². The third kappa shape index (κ3) is 6.61. The summed E-state index contributed by atoms with van der Waals surface area (Å²) in [6, 6.07) is 40.2. The molecule has 0 bridgehead atoms. The van der Waals surface area contributed by atoms with Crippen molar-refractivity contribution < 1.29 is 0 Å². The second kappa shape index (κ2) is 14.6. The van der Waals surface area contributed by atoms with Crippen LogP contribution in [0.15, 0.2) is 97.1 Å². The van der Waals surface area contributed by atoms with Crippen LogP contribution in [-0.2, 0) is 27.1 Å². The number of thiophene rings is 1. The first-order valence-corrected chi connectivity index (χ1v) is 26.7. The molecule has 2 aliphatic heterocycles. The first-order valence-electron chi connectivity index (χ1n) is 25.9. The molecule has 6 aromatic carbocycles. The second-order valence-electron chi connectivity index (χ2n) is 25.4. The molecule has 4 heteroatoms. The van der Waals surface area contributed by atoms with Gasteiger partial charge in [-0.25, -0.2) is 0 Å². The lowest BCUT2D eigenvalue weighted by Crippen LogP contribution is -2.62. The van der Waals surface area contributed by atoms with Crippen molar-refractivity contribution >= 4 is 88.7 Å². The lowest BCUT2D eigenvalue weighted by molar-refractivity contribution is 0.332. The normalized spacial score (nSPS) is 20.0. The van der Waals surface area contributed by atoms with Crippen LogP contribution in [0.1, 0.15) is 179 Å². The number of fused-ring (bicyclic) bond motifs is 9. The van der Waals surface area contributed by atoms with Crippen LogP contribution in [0.3, 0.4) is 0 Å². The first-order chi connectivity index (χ1) is 31.7. The van der Waals surface area contributed by atoms with Crippen molar-refractivity contribution in [3.8, 4) is 0 Å². The average molecular weight is 899 g/mol. The molecule has 5 aliphatic rings. The van der Waals surface area contributed by atoms with Gasteiger partial charge >= 0.3 is 0 Å². The molecule has 0 amide bonds. The topological polar surface area (TPSA) is 6.48 Å². The average Bonchev–Trinajstić information content (AvgIpc) is 3.65. The lowest BCUT2D eigenvalue weighted by atomic mass is 9.33. The van der Waals surface area contributed by atoms with Crippen LogP contribution in [0.2, 0.25) is 0 Å². The molecule has 0 atom stereocenters. The van der Waals surface area contributed by atoms with Gasteiger partial charge in [-0.15, -0.1) is 11.3 Å². The van der Waals surface area contributed by atoms with Crippen LogP contribution in [0.25, 0.3) is 20.2 Å². The Hall–Kier alpha value is -4.80. The molecule has 1 aromatic heterocycles. The molecule has 1 fully saturated rings. The third-order valence-electron chi connectivity index (χ3n) is 18.0. The highest BCUT2D eigenvalue weighted by Gasteiger charge is 2.48. The van der Waals surface area contributed by atoms with Gasteiger partial charge in [-0.05, 0) is 194 Å². The molecule has 0 unspecified atom stereocenters. The van der Waals surface area contributed by atoms with Crippen molar-refractivity contribution in [1.82, 2.24) is 0 Å². The highest BCUT2D eigenvalue weighted by molar-refractivity contribution is 7.26. The monoisotopic (exact) mass is 899 g/mol. The van der Waals surface area contributed by atoms with E-state index in [1.54, 1.807) is 5.56 Å². The summed E-state index contributed by atoms with van der Waals surface area (Å²) < 4.78 is 2.74. The van der Waals surface area contributed by atoms with Crippen LogP contribution >= 0.6 is 11.3 Å². The summed E-state index contributed by atoms with van der Waals surface area (Å²) in [6.45, 7) is 29.4. The maximum absolute atomic E-state index is 2.78. The number of hydrogen-bond acceptors (Lipinski definition) is 3. The highest BCUT2D eigenvalue weighted by Crippen LogP contribution is 2.54. The van der Waals surface area contributed by atoms with Crippen molar-refractivity contribution in [3.63, 3.8) is 0 Å². The highest BCUT2D eigenvalue weighted by atomic mass is 32.1. The van der Waals surface area contributed by atoms with Gasteiger partial charge in [0, 0.05) is 48.9 Å². The van der Waals surface area contributed by atoms with E-state index >= 15 is 0 Å². The van der Waals surface area contributed by atoms with E-state index in [4.69, 9.17) is 0 Å². The lowest BCUT2D eigenvalue weighted by Gasteiger charge is -2.48. The molecular formula is C63H71BN2S. The van der Waals surface area contributed by atoms with Gasteiger partial charge in [0.25, 0.3) is 6.71 Å². The molecule has 12 rings (SSSR count). The minimum absolute atomic E-state index is 0.0647. The molecule has 342 valence electrons. The second-order valence-corrected chi connectivity index (χ2v) is 26.5. The molecule has 0 N–H and O–H groups in total. The summed E-state index contributed by atoms with van der Waals surface area (Å²) in [5.74, 6) is 0.547. The summed E-state index contributed by atoms with van der Waals surface area (Å²) in [6.07, 6.45) is 11.3. The first kappa shape index (κ1) is 43.5. The molecule has 1 saturated carbocycles. The van der Waals surface area contributed by atoms with Crippen LogP contribution in [0.5, 0.6) is 0 Å². The van der Waals surface area contributed by atoms with E-state index in [9.17, 15) is 0 Å². The Balaban J connectivity index is 1.23. The minimum atomic E-state index is 0.0647. The Bertz CT molecular complexity index is 3200. The smallest absolute Gasteiger partial charge is 0.252 e. The van der Waals surface area contributed by atoms with Gasteiger partial charge in [-0.1, -0.05) is 138 Å². The number of nitrogens with zero attached hydrogens (tertiary/aromatic N) is 2. The predicted molar refractivity (Wildman–Crippen MR) is 293 cm³/mol. The standard InChI is InChI=1S/C63H71BN2S/c1-38-18-16-17-21-51(38)66-53-37-57-44(43-32-41(59(2,3)4)22-25-56(43)67-57)34-49(53)64-50-35-47-48(63(11,12)29-28-62(47,9)10)36-52(50)65(42-23-24-45-46(33-42)61(7,8)27-26-60(45,5)6)54-30-40(31-55(66)58(54)64)39-19-14-13-15-20-39/h16-18,21-25,30-37,39H,13-15,19-20,26-29H2,1-12H3. The largest absolute Gasteiger partial charge is 0.311 e. The maximum atomic E-state index is 2.78. The Kier molecular flexibility index (Phi) is 9.48. The van der Waals surface area contributed by atoms with Crippen LogP contribution in [0.4, 0.5) is 34.1 Å². The van der Waals surface area contributed by atoms with E-state index in [2.05, 4.69) is 190 Å². The number of aryl methyl sites for hydroxylation is 1. The summed E-state index contributed by atoms with van der Waals surface area (Å²) >= 11 is 1.97. The van der Waals surface area contributed by atoms with E-state index in [0.717, 1.165) is 0 Å². The van der Waals surface area contributed by atoms with Gasteiger partial charge in [0.1, 0.15) is 0 Å². The van der Waals surface area contributed by atoms with Gasteiger partial charge in [-0.2, -0.15) is 0 Å². The van der Waals surface area contributed by atoms with Crippen molar-refractivity contribution in [2.24, 2.45) is 0 Å². The number of hydrogen-bond donors (Lipinski definition) is 0.